The number of methoxy groups -OCH3 is 1. The third-order valence-corrected chi connectivity index (χ3v) is 3.58. The van der Waals surface area contributed by atoms with E-state index in [1.54, 1.807) is 7.11 Å². The number of piperidine rings is 1. The Bertz CT molecular complexity index is 349. The molecule has 2 fully saturated rings. The molecule has 74 valence electrons. The van der Waals surface area contributed by atoms with E-state index in [0.29, 0.717) is 11.3 Å². The number of nitrogens with one attached hydrogen (secondary N) is 1. The number of ether oxygens (including phenoxy) is 1. The lowest BCUT2D eigenvalue weighted by atomic mass is 9.97. The number of hydrogen-bond donors (Lipinski definition) is 1. The van der Waals surface area contributed by atoms with Gasteiger partial charge in [-0.2, -0.15) is 0 Å². The topological polar surface area (TPSA) is 34.1 Å². The second-order valence-electron chi connectivity index (χ2n) is 4.28. The highest BCUT2D eigenvalue weighted by atomic mass is 16.5. The lowest BCUT2D eigenvalue weighted by Crippen LogP contribution is -2.19. The molecule has 3 nitrogen and oxygen atoms in total. The van der Waals surface area contributed by atoms with Crippen LogP contribution >= 0.6 is 0 Å². The van der Waals surface area contributed by atoms with Gasteiger partial charge in [0.1, 0.15) is 0 Å². The Hall–Kier alpha value is -1.09. The van der Waals surface area contributed by atoms with E-state index in [0.717, 1.165) is 12.5 Å². The molecule has 0 spiro atoms. The molecule has 2 unspecified atom stereocenters. The second-order valence-corrected chi connectivity index (χ2v) is 4.28. The van der Waals surface area contributed by atoms with Gasteiger partial charge in [0, 0.05) is 24.2 Å². The maximum atomic E-state index is 5.05. The molecule has 2 atom stereocenters. The molecule has 1 saturated carbocycles. The van der Waals surface area contributed by atoms with E-state index in [-0.39, 0.29) is 0 Å². The van der Waals surface area contributed by atoms with Crippen molar-refractivity contribution < 1.29 is 4.74 Å². The molecule has 3 rings (SSSR count). The number of pyridine rings is 1. The monoisotopic (exact) mass is 190 g/mol. The van der Waals surface area contributed by atoms with Gasteiger partial charge in [0.15, 0.2) is 0 Å². The summed E-state index contributed by atoms with van der Waals surface area (Å²) in [6.07, 6.45) is 3.29. The Balaban J connectivity index is 1.90. The molecular formula is C11H14N2O. The number of rotatable bonds is 2. The van der Waals surface area contributed by atoms with Crippen molar-refractivity contribution in [3.05, 3.63) is 23.9 Å². The fraction of sp³-hybridized carbons (Fsp3) is 0.545. The number of hydrogen-bond acceptors (Lipinski definition) is 3. The first-order valence-corrected chi connectivity index (χ1v) is 5.06. The zero-order valence-electron chi connectivity index (χ0n) is 8.29. The Morgan fingerprint density at radius 3 is 3.00 bits per heavy atom. The van der Waals surface area contributed by atoms with Gasteiger partial charge in [-0.05, 0) is 24.4 Å². The van der Waals surface area contributed by atoms with Crippen LogP contribution in [0.2, 0.25) is 0 Å². The van der Waals surface area contributed by atoms with Crippen LogP contribution in [0.1, 0.15) is 12.0 Å². The highest BCUT2D eigenvalue weighted by Crippen LogP contribution is 2.56. The molecule has 0 amide bonds. The van der Waals surface area contributed by atoms with E-state index in [9.17, 15) is 0 Å². The molecular weight excluding hydrogens is 176 g/mol. The first-order chi connectivity index (χ1) is 6.85. The Labute approximate surface area is 83.5 Å². The lowest BCUT2D eigenvalue weighted by molar-refractivity contribution is 0.397. The predicted molar refractivity (Wildman–Crippen MR) is 53.4 cm³/mol. The molecule has 1 aliphatic carbocycles. The van der Waals surface area contributed by atoms with Gasteiger partial charge in [-0.3, -0.25) is 0 Å². The highest BCUT2D eigenvalue weighted by molar-refractivity contribution is 5.36. The van der Waals surface area contributed by atoms with Gasteiger partial charge in [-0.1, -0.05) is 6.07 Å². The first-order valence-electron chi connectivity index (χ1n) is 5.06. The summed E-state index contributed by atoms with van der Waals surface area (Å²) in [5.74, 6) is 1.55. The van der Waals surface area contributed by atoms with Gasteiger partial charge in [0.2, 0.25) is 5.88 Å². The summed E-state index contributed by atoms with van der Waals surface area (Å²) in [7, 11) is 1.65. The molecule has 1 saturated heterocycles. The molecule has 1 N–H and O–H groups in total. The smallest absolute Gasteiger partial charge is 0.212 e. The maximum absolute atomic E-state index is 5.05. The van der Waals surface area contributed by atoms with Crippen LogP contribution in [0.3, 0.4) is 0 Å². The molecule has 3 heteroatoms. The van der Waals surface area contributed by atoms with Gasteiger partial charge in [0.25, 0.3) is 0 Å². The lowest BCUT2D eigenvalue weighted by Gasteiger charge is -2.11. The second kappa shape index (κ2) is 2.70. The van der Waals surface area contributed by atoms with Gasteiger partial charge in [-0.25, -0.2) is 4.98 Å². The molecule has 2 aliphatic rings. The van der Waals surface area contributed by atoms with Gasteiger partial charge in [-0.15, -0.1) is 0 Å². The largest absolute Gasteiger partial charge is 0.481 e. The SMILES string of the molecule is COc1ccc(C23CNCC2C3)cn1. The summed E-state index contributed by atoms with van der Waals surface area (Å²) in [5, 5.41) is 3.43. The van der Waals surface area contributed by atoms with E-state index in [2.05, 4.69) is 16.4 Å². The number of nitrogens with zero attached hydrogens (tertiary/aromatic N) is 1. The molecule has 0 bridgehead atoms. The number of aromatic nitrogens is 1. The first kappa shape index (κ1) is 8.24. The van der Waals surface area contributed by atoms with Crippen molar-refractivity contribution in [2.24, 2.45) is 5.92 Å². The highest BCUT2D eigenvalue weighted by Gasteiger charge is 2.58. The third-order valence-electron chi connectivity index (χ3n) is 3.58. The average Bonchev–Trinajstić information content (AvgIpc) is 2.82. The van der Waals surface area contributed by atoms with Crippen LogP contribution in [0.25, 0.3) is 0 Å². The maximum Gasteiger partial charge on any atom is 0.212 e. The van der Waals surface area contributed by atoms with Gasteiger partial charge >= 0.3 is 0 Å². The van der Waals surface area contributed by atoms with Crippen molar-refractivity contribution in [1.82, 2.24) is 10.3 Å². The van der Waals surface area contributed by atoms with E-state index in [4.69, 9.17) is 4.74 Å². The Morgan fingerprint density at radius 2 is 2.50 bits per heavy atom. The fourth-order valence-electron chi connectivity index (χ4n) is 2.59. The zero-order valence-corrected chi connectivity index (χ0v) is 8.29. The molecule has 14 heavy (non-hydrogen) atoms. The van der Waals surface area contributed by atoms with Crippen molar-refractivity contribution >= 4 is 0 Å². The van der Waals surface area contributed by atoms with Crippen LogP contribution in [0.15, 0.2) is 18.3 Å². The summed E-state index contributed by atoms with van der Waals surface area (Å²) in [4.78, 5) is 4.26. The van der Waals surface area contributed by atoms with Crippen LogP contribution in [0.5, 0.6) is 5.88 Å². The van der Waals surface area contributed by atoms with Crippen molar-refractivity contribution in [2.45, 2.75) is 11.8 Å². The number of fused-ring (bicyclic) bond motifs is 1. The summed E-state index contributed by atoms with van der Waals surface area (Å²) < 4.78 is 5.05. The van der Waals surface area contributed by atoms with Gasteiger partial charge < -0.3 is 10.1 Å². The standard InChI is InChI=1S/C11H14N2O/c1-14-10-3-2-8(6-13-10)11-4-9(11)5-12-7-11/h2-3,6,9,12H,4-5,7H2,1H3. The average molecular weight is 190 g/mol. The minimum absolute atomic E-state index is 0.416. The van der Waals surface area contributed by atoms with Crippen molar-refractivity contribution in [3.8, 4) is 5.88 Å². The summed E-state index contributed by atoms with van der Waals surface area (Å²) in [5.41, 5.74) is 1.78. The summed E-state index contributed by atoms with van der Waals surface area (Å²) >= 11 is 0. The Morgan fingerprint density at radius 1 is 1.57 bits per heavy atom. The molecule has 1 aromatic rings. The van der Waals surface area contributed by atoms with Crippen molar-refractivity contribution in [3.63, 3.8) is 0 Å². The van der Waals surface area contributed by atoms with E-state index >= 15 is 0 Å². The minimum Gasteiger partial charge on any atom is -0.481 e. The predicted octanol–water partition coefficient (Wildman–Crippen LogP) is 0.951. The van der Waals surface area contributed by atoms with Crippen LogP contribution in [-0.4, -0.2) is 25.2 Å². The summed E-state index contributed by atoms with van der Waals surface area (Å²) in [6, 6.07) is 4.11. The zero-order chi connectivity index (χ0) is 9.60. The normalized spacial score (nSPS) is 33.9. The molecule has 0 aromatic carbocycles. The van der Waals surface area contributed by atoms with E-state index < -0.39 is 0 Å². The van der Waals surface area contributed by atoms with Crippen LogP contribution < -0.4 is 10.1 Å². The van der Waals surface area contributed by atoms with Crippen LogP contribution in [-0.2, 0) is 5.41 Å². The van der Waals surface area contributed by atoms with E-state index in [1.165, 1.54) is 18.5 Å². The Kier molecular flexibility index (Phi) is 1.59. The fourth-order valence-corrected chi connectivity index (χ4v) is 2.59. The van der Waals surface area contributed by atoms with Crippen molar-refractivity contribution in [1.29, 1.82) is 0 Å². The molecule has 1 aromatic heterocycles. The van der Waals surface area contributed by atoms with Gasteiger partial charge in [0.05, 0.1) is 7.11 Å². The van der Waals surface area contributed by atoms with E-state index in [1.807, 2.05) is 12.3 Å². The molecule has 1 aliphatic heterocycles. The minimum atomic E-state index is 0.416. The third kappa shape index (κ3) is 0.989. The van der Waals surface area contributed by atoms with Crippen LogP contribution in [0, 0.1) is 5.92 Å². The molecule has 2 heterocycles. The quantitative estimate of drug-likeness (QED) is 0.754. The van der Waals surface area contributed by atoms with Crippen LogP contribution in [0.4, 0.5) is 0 Å². The molecule has 0 radical (unpaired) electrons. The summed E-state index contributed by atoms with van der Waals surface area (Å²) in [6.45, 7) is 2.29. The van der Waals surface area contributed by atoms with Crippen molar-refractivity contribution in [2.75, 3.05) is 20.2 Å².